The number of cyclic esters (lactones) is 1. The molecule has 2 aromatic rings. The smallest absolute Gasteiger partial charge is 0.347 e. The molecule has 2 unspecified atom stereocenters. The molecule has 2 atom stereocenters. The highest BCUT2D eigenvalue weighted by atomic mass is 32.2. The average molecular weight is 417 g/mol. The molecule has 2 aromatic carbocycles. The molecule has 8 heteroatoms. The molecule has 29 heavy (non-hydrogen) atoms. The normalized spacial score (nSPS) is 19.0. The van der Waals surface area contributed by atoms with E-state index in [-0.39, 0.29) is 28.7 Å². The van der Waals surface area contributed by atoms with E-state index in [1.165, 1.54) is 12.1 Å². The molecule has 0 bridgehead atoms. The Morgan fingerprint density at radius 2 is 1.76 bits per heavy atom. The molecule has 1 aliphatic rings. The van der Waals surface area contributed by atoms with Crippen molar-refractivity contribution in [3.63, 3.8) is 0 Å². The van der Waals surface area contributed by atoms with E-state index in [1.807, 2.05) is 6.92 Å². The number of anilines is 1. The first-order chi connectivity index (χ1) is 13.6. The van der Waals surface area contributed by atoms with Crippen LogP contribution < -0.4 is 4.72 Å². The van der Waals surface area contributed by atoms with E-state index in [4.69, 9.17) is 9.47 Å². The quantitative estimate of drug-likeness (QED) is 0.750. The predicted molar refractivity (Wildman–Crippen MR) is 107 cm³/mol. The van der Waals surface area contributed by atoms with Crippen LogP contribution in [0.25, 0.3) is 0 Å². The fourth-order valence-corrected chi connectivity index (χ4v) is 5.08. The molecule has 1 heterocycles. The summed E-state index contributed by atoms with van der Waals surface area (Å²) in [6.07, 6.45) is -1.06. The molecular weight excluding hydrogens is 394 g/mol. The van der Waals surface area contributed by atoms with Crippen molar-refractivity contribution < 1.29 is 27.5 Å². The summed E-state index contributed by atoms with van der Waals surface area (Å²) in [5, 5.41) is 0. The fourth-order valence-electron chi connectivity index (χ4n) is 3.55. The molecule has 7 nitrogen and oxygen atoms in total. The van der Waals surface area contributed by atoms with Crippen LogP contribution in [0, 0.1) is 20.8 Å². The molecule has 1 N–H and O–H groups in total. The van der Waals surface area contributed by atoms with Gasteiger partial charge in [0.05, 0.1) is 16.1 Å². The molecule has 0 aromatic heterocycles. The number of sulfonamides is 1. The Labute approximate surface area is 170 Å². The second-order valence-electron chi connectivity index (χ2n) is 7.26. The zero-order chi connectivity index (χ0) is 21.3. The first-order valence-corrected chi connectivity index (χ1v) is 10.7. The highest BCUT2D eigenvalue weighted by Gasteiger charge is 2.35. The third-order valence-electron chi connectivity index (χ3n) is 4.64. The molecule has 0 saturated carbocycles. The van der Waals surface area contributed by atoms with Crippen LogP contribution in [-0.2, 0) is 24.3 Å². The van der Waals surface area contributed by atoms with Crippen molar-refractivity contribution in [3.8, 4) is 0 Å². The van der Waals surface area contributed by atoms with Gasteiger partial charge in [-0.25, -0.2) is 18.0 Å². The van der Waals surface area contributed by atoms with Gasteiger partial charge in [0, 0.05) is 6.42 Å². The number of hydrogen-bond acceptors (Lipinski definition) is 6. The topological polar surface area (TPSA) is 98.8 Å². The lowest BCUT2D eigenvalue weighted by Crippen LogP contribution is -2.24. The van der Waals surface area contributed by atoms with Crippen LogP contribution >= 0.6 is 0 Å². The minimum Gasteiger partial charge on any atom is -0.460 e. The number of para-hydroxylation sites is 1. The number of nitrogens with one attached hydrogen (secondary N) is 1. The number of esters is 2. The first-order valence-electron chi connectivity index (χ1n) is 9.19. The van der Waals surface area contributed by atoms with Crippen LogP contribution in [0.5, 0.6) is 0 Å². The zero-order valence-corrected chi connectivity index (χ0v) is 17.5. The second kappa shape index (κ2) is 7.87. The van der Waals surface area contributed by atoms with Crippen LogP contribution in [0.15, 0.2) is 41.3 Å². The van der Waals surface area contributed by atoms with Gasteiger partial charge in [0.2, 0.25) is 6.10 Å². The Kier molecular flexibility index (Phi) is 5.66. The minimum absolute atomic E-state index is 0.0193. The van der Waals surface area contributed by atoms with E-state index in [2.05, 4.69) is 4.72 Å². The van der Waals surface area contributed by atoms with E-state index >= 15 is 0 Å². The zero-order valence-electron chi connectivity index (χ0n) is 16.7. The molecule has 0 aliphatic carbocycles. The maximum Gasteiger partial charge on any atom is 0.347 e. The number of benzene rings is 2. The van der Waals surface area contributed by atoms with Crippen LogP contribution in [-0.4, -0.2) is 32.6 Å². The second-order valence-corrected chi connectivity index (χ2v) is 8.88. The molecular formula is C21H23NO6S. The van der Waals surface area contributed by atoms with Gasteiger partial charge in [-0.2, -0.15) is 0 Å². The molecule has 0 amide bonds. The van der Waals surface area contributed by atoms with Crippen LogP contribution in [0.4, 0.5) is 5.69 Å². The summed E-state index contributed by atoms with van der Waals surface area (Å²) in [7, 11) is -3.94. The lowest BCUT2D eigenvalue weighted by Gasteiger charge is -2.16. The summed E-state index contributed by atoms with van der Waals surface area (Å²) in [6.45, 7) is 7.05. The van der Waals surface area contributed by atoms with Crippen molar-refractivity contribution in [2.75, 3.05) is 4.72 Å². The Balaban J connectivity index is 1.89. The largest absolute Gasteiger partial charge is 0.460 e. The third-order valence-corrected chi connectivity index (χ3v) is 6.31. The Bertz CT molecular complexity index is 1050. The van der Waals surface area contributed by atoms with Crippen LogP contribution in [0.3, 0.4) is 0 Å². The maximum absolute atomic E-state index is 13.0. The molecule has 1 saturated heterocycles. The fraction of sp³-hybridized carbons (Fsp3) is 0.333. The van der Waals surface area contributed by atoms with Crippen molar-refractivity contribution in [2.24, 2.45) is 0 Å². The Hall–Kier alpha value is -2.87. The van der Waals surface area contributed by atoms with Crippen molar-refractivity contribution in [1.82, 2.24) is 0 Å². The van der Waals surface area contributed by atoms with Gasteiger partial charge in [-0.3, -0.25) is 4.72 Å². The summed E-state index contributed by atoms with van der Waals surface area (Å²) in [5.41, 5.74) is 2.28. The number of carbonyl (C=O) groups is 2. The average Bonchev–Trinajstić information content (AvgIpc) is 2.90. The minimum atomic E-state index is -3.94. The summed E-state index contributed by atoms with van der Waals surface area (Å²) >= 11 is 0. The van der Waals surface area contributed by atoms with Gasteiger partial charge in [0.25, 0.3) is 10.0 Å². The van der Waals surface area contributed by atoms with Gasteiger partial charge in [-0.15, -0.1) is 0 Å². The maximum atomic E-state index is 13.0. The van der Waals surface area contributed by atoms with Crippen LogP contribution in [0.2, 0.25) is 0 Å². The number of ether oxygens (including phenoxy) is 2. The monoisotopic (exact) mass is 417 g/mol. The number of aryl methyl sites for hydroxylation is 3. The predicted octanol–water partition coefficient (Wildman–Crippen LogP) is 3.27. The van der Waals surface area contributed by atoms with Crippen molar-refractivity contribution in [1.29, 1.82) is 0 Å². The van der Waals surface area contributed by atoms with Gasteiger partial charge in [-0.1, -0.05) is 29.8 Å². The first kappa shape index (κ1) is 20.9. The van der Waals surface area contributed by atoms with E-state index in [9.17, 15) is 18.0 Å². The Morgan fingerprint density at radius 3 is 2.34 bits per heavy atom. The summed E-state index contributed by atoms with van der Waals surface area (Å²) in [4.78, 5) is 24.5. The van der Waals surface area contributed by atoms with Gasteiger partial charge in [0.15, 0.2) is 0 Å². The number of hydrogen-bond donors (Lipinski definition) is 1. The van der Waals surface area contributed by atoms with Gasteiger partial charge < -0.3 is 9.47 Å². The molecule has 3 rings (SSSR count). The van der Waals surface area contributed by atoms with Crippen molar-refractivity contribution in [3.05, 3.63) is 58.7 Å². The van der Waals surface area contributed by atoms with Gasteiger partial charge >= 0.3 is 11.9 Å². The van der Waals surface area contributed by atoms with Crippen LogP contribution in [0.1, 0.15) is 40.4 Å². The SMILES string of the molecule is Cc1cc(C)c(S(=O)(=O)Nc2ccccc2C(=O)OC2CC(C)OC2=O)c(C)c1. The molecule has 154 valence electrons. The molecule has 1 fully saturated rings. The number of carbonyl (C=O) groups excluding carboxylic acids is 2. The van der Waals surface area contributed by atoms with E-state index in [1.54, 1.807) is 45.0 Å². The summed E-state index contributed by atoms with van der Waals surface area (Å²) in [5.74, 6) is -1.40. The lowest BCUT2D eigenvalue weighted by molar-refractivity contribution is -0.147. The Morgan fingerprint density at radius 1 is 1.14 bits per heavy atom. The standard InChI is InChI=1S/C21H23NO6S/c1-12-9-13(2)19(14(3)10-12)29(25,26)22-17-8-6-5-7-16(17)20(23)28-18-11-15(4)27-21(18)24/h5-10,15,18,22H,11H2,1-4H3. The number of rotatable bonds is 5. The highest BCUT2D eigenvalue weighted by Crippen LogP contribution is 2.27. The summed E-state index contributed by atoms with van der Waals surface area (Å²) in [6, 6.07) is 9.69. The van der Waals surface area contributed by atoms with Gasteiger partial charge in [-0.05, 0) is 51.0 Å². The van der Waals surface area contributed by atoms with E-state index in [0.29, 0.717) is 11.1 Å². The lowest BCUT2D eigenvalue weighted by atomic mass is 10.1. The van der Waals surface area contributed by atoms with Gasteiger partial charge in [0.1, 0.15) is 6.10 Å². The third kappa shape index (κ3) is 4.42. The summed E-state index contributed by atoms with van der Waals surface area (Å²) < 4.78 is 38.8. The molecule has 0 radical (unpaired) electrons. The van der Waals surface area contributed by atoms with Crippen molar-refractivity contribution in [2.45, 2.75) is 51.2 Å². The van der Waals surface area contributed by atoms with E-state index < -0.39 is 28.1 Å². The molecule has 0 spiro atoms. The van der Waals surface area contributed by atoms with E-state index in [0.717, 1.165) is 5.56 Å². The molecule has 1 aliphatic heterocycles. The highest BCUT2D eigenvalue weighted by molar-refractivity contribution is 7.92. The van der Waals surface area contributed by atoms with Crippen molar-refractivity contribution >= 4 is 27.6 Å².